The van der Waals surface area contributed by atoms with E-state index in [1.165, 1.54) is 38.6 Å². The Labute approximate surface area is 290 Å². The van der Waals surface area contributed by atoms with Gasteiger partial charge >= 0.3 is 18.3 Å². The molecular formula is C35H36F6N4O6. The fourth-order valence-corrected chi connectivity index (χ4v) is 5.11. The molecule has 16 heteroatoms. The number of hydrogen-bond acceptors (Lipinski definition) is 9. The molecule has 2 heterocycles. The SMILES string of the molecule is COc1cc(CN(Cc2cc(C(F)(F)F)cc(C(F)(F)F)c2)c2ncc(OCCCC(=O)O)cn2)c(-c2nc(C(C)C)ccc2OC)cc1OC. The van der Waals surface area contributed by atoms with Gasteiger partial charge < -0.3 is 29.0 Å². The van der Waals surface area contributed by atoms with Gasteiger partial charge in [0.25, 0.3) is 0 Å². The third-order valence-corrected chi connectivity index (χ3v) is 7.64. The van der Waals surface area contributed by atoms with Crippen molar-refractivity contribution in [2.45, 2.75) is 58.0 Å². The summed E-state index contributed by atoms with van der Waals surface area (Å²) in [7, 11) is 4.32. The summed E-state index contributed by atoms with van der Waals surface area (Å²) in [6.07, 6.45) is -7.49. The quantitative estimate of drug-likeness (QED) is 0.0952. The number of hydrogen-bond donors (Lipinski definition) is 1. The number of aliphatic carboxylic acids is 1. The van der Waals surface area contributed by atoms with Crippen molar-refractivity contribution in [3.05, 3.63) is 82.8 Å². The molecule has 0 saturated carbocycles. The van der Waals surface area contributed by atoms with E-state index in [4.69, 9.17) is 29.0 Å². The normalized spacial score (nSPS) is 11.8. The molecule has 0 spiro atoms. The van der Waals surface area contributed by atoms with E-state index in [1.807, 2.05) is 19.9 Å². The van der Waals surface area contributed by atoms with Gasteiger partial charge in [0.2, 0.25) is 5.95 Å². The number of benzene rings is 2. The minimum absolute atomic E-state index is 0.0248. The molecule has 0 amide bonds. The van der Waals surface area contributed by atoms with Crippen LogP contribution in [-0.2, 0) is 30.2 Å². The minimum Gasteiger partial charge on any atom is -0.494 e. The lowest BCUT2D eigenvalue weighted by Gasteiger charge is -2.26. The van der Waals surface area contributed by atoms with Crippen molar-refractivity contribution >= 4 is 11.9 Å². The van der Waals surface area contributed by atoms with Crippen molar-refractivity contribution in [2.75, 3.05) is 32.8 Å². The van der Waals surface area contributed by atoms with Crippen LogP contribution in [0.15, 0.2) is 54.9 Å². The number of methoxy groups -OCH3 is 3. The molecule has 2 aromatic carbocycles. The molecule has 51 heavy (non-hydrogen) atoms. The zero-order valence-corrected chi connectivity index (χ0v) is 28.4. The number of rotatable bonds is 15. The molecule has 0 fully saturated rings. The number of nitrogens with zero attached hydrogens (tertiary/aromatic N) is 4. The highest BCUT2D eigenvalue weighted by molar-refractivity contribution is 5.74. The van der Waals surface area contributed by atoms with E-state index in [0.29, 0.717) is 46.2 Å². The summed E-state index contributed by atoms with van der Waals surface area (Å²) >= 11 is 0. The largest absolute Gasteiger partial charge is 0.494 e. The van der Waals surface area contributed by atoms with Gasteiger partial charge in [-0.05, 0) is 65.9 Å². The molecule has 0 aliphatic heterocycles. The molecule has 0 aliphatic rings. The van der Waals surface area contributed by atoms with Crippen molar-refractivity contribution in [2.24, 2.45) is 0 Å². The van der Waals surface area contributed by atoms with Crippen LogP contribution < -0.4 is 23.8 Å². The standard InChI is InChI=1S/C35H36F6N4O6/c1-20(2)27-8-9-28(48-3)32(44-27)26-15-30(50-5)29(49-4)13-22(26)19-45(33-42-16-25(17-43-33)51-10-6-7-31(46)47)18-21-11-23(34(36,37)38)14-24(12-21)35(39,40)41/h8-9,11-17,20H,6-7,10,18-19H2,1-5H3,(H,46,47). The second-order valence-corrected chi connectivity index (χ2v) is 11.6. The van der Waals surface area contributed by atoms with Gasteiger partial charge in [0.15, 0.2) is 17.2 Å². The van der Waals surface area contributed by atoms with Gasteiger partial charge in [0, 0.05) is 30.8 Å². The first-order chi connectivity index (χ1) is 24.0. The third kappa shape index (κ3) is 9.92. The summed E-state index contributed by atoms with van der Waals surface area (Å²) < 4.78 is 105. The van der Waals surface area contributed by atoms with Crippen LogP contribution in [0, 0.1) is 0 Å². The average molecular weight is 723 g/mol. The summed E-state index contributed by atoms with van der Waals surface area (Å²) in [4.78, 5) is 25.7. The number of aromatic nitrogens is 3. The van der Waals surface area contributed by atoms with Gasteiger partial charge in [-0.1, -0.05) is 13.8 Å². The molecule has 274 valence electrons. The third-order valence-electron chi connectivity index (χ3n) is 7.64. The van der Waals surface area contributed by atoms with Crippen LogP contribution in [0.5, 0.6) is 23.0 Å². The van der Waals surface area contributed by atoms with Crippen molar-refractivity contribution in [3.8, 4) is 34.3 Å². The van der Waals surface area contributed by atoms with Crippen molar-refractivity contribution in [3.63, 3.8) is 0 Å². The molecule has 4 aromatic rings. The van der Waals surface area contributed by atoms with E-state index in [0.717, 1.165) is 5.69 Å². The van der Waals surface area contributed by atoms with Crippen LogP contribution in [0.25, 0.3) is 11.3 Å². The number of carboxylic acids is 1. The first-order valence-corrected chi connectivity index (χ1v) is 15.5. The number of alkyl halides is 6. The first-order valence-electron chi connectivity index (χ1n) is 15.5. The summed E-state index contributed by atoms with van der Waals surface area (Å²) in [5, 5.41) is 8.86. The second kappa shape index (κ2) is 16.2. The van der Waals surface area contributed by atoms with Crippen LogP contribution in [0.1, 0.15) is 60.6 Å². The van der Waals surface area contributed by atoms with E-state index in [9.17, 15) is 31.1 Å². The Hall–Kier alpha value is -5.28. The minimum atomic E-state index is -5.06. The van der Waals surface area contributed by atoms with Crippen molar-refractivity contribution in [1.82, 2.24) is 15.0 Å². The van der Waals surface area contributed by atoms with Gasteiger partial charge in [-0.2, -0.15) is 26.3 Å². The Balaban J connectivity index is 1.88. The van der Waals surface area contributed by atoms with E-state index in [1.54, 1.807) is 18.2 Å². The molecule has 0 atom stereocenters. The highest BCUT2D eigenvalue weighted by Crippen LogP contribution is 2.41. The second-order valence-electron chi connectivity index (χ2n) is 11.6. The number of halogens is 6. The van der Waals surface area contributed by atoms with Gasteiger partial charge in [-0.3, -0.25) is 4.79 Å². The molecule has 0 unspecified atom stereocenters. The fourth-order valence-electron chi connectivity index (χ4n) is 5.11. The molecule has 0 aliphatic carbocycles. The molecular weight excluding hydrogens is 686 g/mol. The van der Waals surface area contributed by atoms with Gasteiger partial charge in [0.05, 0.1) is 51.5 Å². The Morgan fingerprint density at radius 2 is 1.41 bits per heavy atom. The lowest BCUT2D eigenvalue weighted by Crippen LogP contribution is -2.25. The molecule has 0 bridgehead atoms. The summed E-state index contributed by atoms with van der Waals surface area (Å²) in [6.45, 7) is 3.30. The predicted octanol–water partition coefficient (Wildman–Crippen LogP) is 8.18. The van der Waals surface area contributed by atoms with Crippen LogP contribution in [0.4, 0.5) is 32.3 Å². The highest BCUT2D eigenvalue weighted by atomic mass is 19.4. The lowest BCUT2D eigenvalue weighted by atomic mass is 9.99. The van der Waals surface area contributed by atoms with E-state index < -0.39 is 36.0 Å². The number of carbonyl (C=O) groups is 1. The molecule has 2 aromatic heterocycles. The fraction of sp³-hybridized carbons (Fsp3) is 0.371. The molecule has 0 saturated heterocycles. The summed E-state index contributed by atoms with van der Waals surface area (Å²) in [6, 6.07) is 8.19. The summed E-state index contributed by atoms with van der Waals surface area (Å²) in [5.74, 6) is 0.158. The first kappa shape index (κ1) is 38.5. The van der Waals surface area contributed by atoms with Gasteiger partial charge in [0.1, 0.15) is 11.4 Å². The van der Waals surface area contributed by atoms with Crippen LogP contribution >= 0.6 is 0 Å². The maximum atomic E-state index is 13.8. The lowest BCUT2D eigenvalue weighted by molar-refractivity contribution is -0.143. The number of anilines is 1. The van der Waals surface area contributed by atoms with E-state index in [-0.39, 0.29) is 55.2 Å². The van der Waals surface area contributed by atoms with Gasteiger partial charge in [-0.15, -0.1) is 0 Å². The maximum Gasteiger partial charge on any atom is 0.416 e. The maximum absolute atomic E-state index is 13.8. The number of ether oxygens (including phenoxy) is 4. The molecule has 10 nitrogen and oxygen atoms in total. The topological polar surface area (TPSA) is 116 Å². The Bertz CT molecular complexity index is 1780. The highest BCUT2D eigenvalue weighted by Gasteiger charge is 2.37. The number of pyridine rings is 1. The molecule has 0 radical (unpaired) electrons. The van der Waals surface area contributed by atoms with Crippen molar-refractivity contribution in [1.29, 1.82) is 0 Å². The van der Waals surface area contributed by atoms with Crippen LogP contribution in [0.2, 0.25) is 0 Å². The Morgan fingerprint density at radius 3 is 1.94 bits per heavy atom. The molecule has 4 rings (SSSR count). The average Bonchev–Trinajstić information content (AvgIpc) is 3.08. The van der Waals surface area contributed by atoms with Crippen molar-refractivity contribution < 1.29 is 55.2 Å². The van der Waals surface area contributed by atoms with E-state index >= 15 is 0 Å². The van der Waals surface area contributed by atoms with Gasteiger partial charge in [-0.25, -0.2) is 15.0 Å². The van der Waals surface area contributed by atoms with E-state index in [2.05, 4.69) is 9.97 Å². The predicted molar refractivity (Wildman–Crippen MR) is 174 cm³/mol. The summed E-state index contributed by atoms with van der Waals surface area (Å²) in [5.41, 5.74) is -1.16. The van der Waals surface area contributed by atoms with Crippen LogP contribution in [-0.4, -0.2) is 54.0 Å². The van der Waals surface area contributed by atoms with Crippen LogP contribution in [0.3, 0.4) is 0 Å². The molecule has 1 N–H and O–H groups in total. The smallest absolute Gasteiger partial charge is 0.416 e. The number of carboxylic acid groups (broad SMARTS) is 1. The Morgan fingerprint density at radius 1 is 0.824 bits per heavy atom. The zero-order chi connectivity index (χ0) is 37.5. The zero-order valence-electron chi connectivity index (χ0n) is 28.4. The monoisotopic (exact) mass is 722 g/mol. The Kier molecular flexibility index (Phi) is 12.2.